The fraction of sp³-hybridized carbons (Fsp3) is 0.250. The van der Waals surface area contributed by atoms with Crippen molar-refractivity contribution in [2.45, 2.75) is 13.3 Å². The molecule has 1 N–H and O–H groups in total. The molecule has 2 amide bonds. The number of hydrogen-bond acceptors (Lipinski definition) is 2. The van der Waals surface area contributed by atoms with Crippen LogP contribution in [-0.2, 0) is 9.59 Å². The Kier molecular flexibility index (Phi) is 2.81. The van der Waals surface area contributed by atoms with Crippen molar-refractivity contribution in [3.63, 3.8) is 0 Å². The summed E-state index contributed by atoms with van der Waals surface area (Å²) in [6.07, 6.45) is 0.527. The zero-order chi connectivity index (χ0) is 11.5. The van der Waals surface area contributed by atoms with E-state index in [0.717, 1.165) is 10.6 Å². The number of hydrogen-bond donors (Lipinski definition) is 1. The minimum atomic E-state index is -0.188. The second-order valence-electron chi connectivity index (χ2n) is 3.65. The van der Waals surface area contributed by atoms with Crippen LogP contribution in [0.5, 0.6) is 0 Å². The number of para-hydroxylation sites is 1. The van der Waals surface area contributed by atoms with Crippen LogP contribution in [0.1, 0.15) is 13.3 Å². The molecule has 0 radical (unpaired) electrons. The molecule has 0 spiro atoms. The highest BCUT2D eigenvalue weighted by Gasteiger charge is 2.15. The summed E-state index contributed by atoms with van der Waals surface area (Å²) in [5, 5.41) is 4.28. The first-order valence-electron chi connectivity index (χ1n) is 5.14. The van der Waals surface area contributed by atoms with Gasteiger partial charge in [-0.25, -0.2) is 4.99 Å². The molecule has 1 aromatic rings. The summed E-state index contributed by atoms with van der Waals surface area (Å²) in [6, 6.07) is 7.43. The van der Waals surface area contributed by atoms with Crippen molar-refractivity contribution in [1.29, 1.82) is 0 Å². The Morgan fingerprint density at radius 1 is 1.38 bits per heavy atom. The van der Waals surface area contributed by atoms with E-state index >= 15 is 0 Å². The predicted octanol–water partition coefficient (Wildman–Crippen LogP) is -0.477. The molecule has 0 bridgehead atoms. The standard InChI is InChI=1S/C12H12N2O2/c1-8(15)13-7-6-10-9-4-2-3-5-11(9)14-12(10)16/h2-5H,6-7H2,1H3,(H,13,15). The SMILES string of the molecule is CC(=O)NCCC1=c2ccccc2=NC1=O. The number of fused-ring (bicyclic) bond motifs is 1. The largest absolute Gasteiger partial charge is 0.356 e. The van der Waals surface area contributed by atoms with Crippen molar-refractivity contribution in [2.75, 3.05) is 6.54 Å². The van der Waals surface area contributed by atoms with Gasteiger partial charge in [0.2, 0.25) is 5.91 Å². The van der Waals surface area contributed by atoms with E-state index in [0.29, 0.717) is 18.5 Å². The van der Waals surface area contributed by atoms with Crippen molar-refractivity contribution in [1.82, 2.24) is 5.32 Å². The first-order chi connectivity index (χ1) is 7.68. The van der Waals surface area contributed by atoms with Crippen molar-refractivity contribution in [3.05, 3.63) is 34.8 Å². The molecule has 16 heavy (non-hydrogen) atoms. The fourth-order valence-corrected chi connectivity index (χ4v) is 1.72. The predicted molar refractivity (Wildman–Crippen MR) is 58.9 cm³/mol. The molecule has 2 rings (SSSR count). The van der Waals surface area contributed by atoms with Crippen molar-refractivity contribution in [2.24, 2.45) is 4.99 Å². The highest BCUT2D eigenvalue weighted by molar-refractivity contribution is 6.15. The highest BCUT2D eigenvalue weighted by atomic mass is 16.2. The number of benzene rings is 1. The van der Waals surface area contributed by atoms with Crippen LogP contribution in [0, 0.1) is 0 Å². The molecule has 0 saturated heterocycles. The van der Waals surface area contributed by atoms with Gasteiger partial charge in [0.1, 0.15) is 0 Å². The van der Waals surface area contributed by atoms with Crippen LogP contribution in [0.25, 0.3) is 5.57 Å². The summed E-state index contributed by atoms with van der Waals surface area (Å²) in [5.41, 5.74) is 0.685. The van der Waals surface area contributed by atoms with Crippen LogP contribution >= 0.6 is 0 Å². The Balaban J connectivity index is 2.25. The van der Waals surface area contributed by atoms with Gasteiger partial charge in [-0.15, -0.1) is 0 Å². The Labute approximate surface area is 92.7 Å². The lowest BCUT2D eigenvalue weighted by molar-refractivity contribution is -0.119. The first kappa shape index (κ1) is 10.5. The molecule has 1 aliphatic heterocycles. The Hall–Kier alpha value is -1.97. The molecule has 0 atom stereocenters. The van der Waals surface area contributed by atoms with Crippen LogP contribution in [-0.4, -0.2) is 18.4 Å². The molecule has 82 valence electrons. The second-order valence-corrected chi connectivity index (χ2v) is 3.65. The normalized spacial score (nSPS) is 13.3. The van der Waals surface area contributed by atoms with Crippen molar-refractivity contribution in [3.8, 4) is 0 Å². The highest BCUT2D eigenvalue weighted by Crippen LogP contribution is 2.04. The summed E-state index contributed by atoms with van der Waals surface area (Å²) in [4.78, 5) is 26.2. The van der Waals surface area contributed by atoms with E-state index in [2.05, 4.69) is 10.3 Å². The van der Waals surface area contributed by atoms with Crippen molar-refractivity contribution < 1.29 is 9.59 Å². The maximum Gasteiger partial charge on any atom is 0.274 e. The second kappa shape index (κ2) is 4.26. The van der Waals surface area contributed by atoms with Gasteiger partial charge in [-0.05, 0) is 12.5 Å². The summed E-state index contributed by atoms with van der Waals surface area (Å²) in [7, 11) is 0. The van der Waals surface area contributed by atoms with Crippen LogP contribution in [0.3, 0.4) is 0 Å². The quantitative estimate of drug-likeness (QED) is 0.742. The topological polar surface area (TPSA) is 58.5 Å². The van der Waals surface area contributed by atoms with E-state index in [-0.39, 0.29) is 11.8 Å². The van der Waals surface area contributed by atoms with Gasteiger partial charge in [-0.1, -0.05) is 18.2 Å². The van der Waals surface area contributed by atoms with Crippen LogP contribution in [0.15, 0.2) is 29.3 Å². The number of nitrogens with zero attached hydrogens (tertiary/aromatic N) is 1. The average Bonchev–Trinajstić information content (AvgIpc) is 2.55. The smallest absolute Gasteiger partial charge is 0.274 e. The third kappa shape index (κ3) is 2.00. The molecule has 0 fully saturated rings. The lowest BCUT2D eigenvalue weighted by Gasteiger charge is -2.01. The molecular formula is C12H12N2O2. The average molecular weight is 216 g/mol. The molecular weight excluding hydrogens is 204 g/mol. The van der Waals surface area contributed by atoms with Gasteiger partial charge >= 0.3 is 0 Å². The minimum Gasteiger partial charge on any atom is -0.356 e. The molecule has 0 aliphatic carbocycles. The molecule has 1 heterocycles. The van der Waals surface area contributed by atoms with Gasteiger partial charge in [-0.3, -0.25) is 9.59 Å². The number of rotatable bonds is 3. The van der Waals surface area contributed by atoms with E-state index < -0.39 is 0 Å². The van der Waals surface area contributed by atoms with E-state index in [1.165, 1.54) is 6.92 Å². The molecule has 0 unspecified atom stereocenters. The molecule has 1 aromatic carbocycles. The van der Waals surface area contributed by atoms with E-state index in [1.807, 2.05) is 24.3 Å². The van der Waals surface area contributed by atoms with Crippen LogP contribution in [0.4, 0.5) is 0 Å². The van der Waals surface area contributed by atoms with Gasteiger partial charge in [0.25, 0.3) is 5.91 Å². The van der Waals surface area contributed by atoms with E-state index in [9.17, 15) is 9.59 Å². The van der Waals surface area contributed by atoms with Gasteiger partial charge in [0, 0.05) is 24.3 Å². The first-order valence-corrected chi connectivity index (χ1v) is 5.14. The Morgan fingerprint density at radius 2 is 2.12 bits per heavy atom. The summed E-state index contributed by atoms with van der Waals surface area (Å²) >= 11 is 0. The zero-order valence-corrected chi connectivity index (χ0v) is 8.99. The molecule has 1 aliphatic rings. The molecule has 0 aromatic heterocycles. The number of carbonyl (C=O) groups is 2. The zero-order valence-electron chi connectivity index (χ0n) is 8.99. The molecule has 4 heteroatoms. The molecule has 4 nitrogen and oxygen atoms in total. The summed E-state index contributed by atoms with van der Waals surface area (Å²) in [5.74, 6) is -0.275. The fourth-order valence-electron chi connectivity index (χ4n) is 1.72. The van der Waals surface area contributed by atoms with Gasteiger partial charge < -0.3 is 5.32 Å². The summed E-state index contributed by atoms with van der Waals surface area (Å²) in [6.45, 7) is 1.93. The van der Waals surface area contributed by atoms with Crippen molar-refractivity contribution >= 4 is 17.4 Å². The maximum atomic E-state index is 11.6. The maximum absolute atomic E-state index is 11.6. The van der Waals surface area contributed by atoms with Gasteiger partial charge in [0.05, 0.1) is 5.36 Å². The lowest BCUT2D eigenvalue weighted by atomic mass is 10.1. The van der Waals surface area contributed by atoms with Crippen LogP contribution < -0.4 is 15.9 Å². The number of carbonyl (C=O) groups excluding carboxylic acids is 2. The third-order valence-corrected chi connectivity index (χ3v) is 2.46. The Morgan fingerprint density at radius 3 is 2.88 bits per heavy atom. The lowest BCUT2D eigenvalue weighted by Crippen LogP contribution is -2.25. The number of amides is 2. The summed E-state index contributed by atoms with van der Waals surface area (Å²) < 4.78 is 0. The monoisotopic (exact) mass is 216 g/mol. The van der Waals surface area contributed by atoms with E-state index in [1.54, 1.807) is 0 Å². The van der Waals surface area contributed by atoms with Gasteiger partial charge in [-0.2, -0.15) is 0 Å². The van der Waals surface area contributed by atoms with Gasteiger partial charge in [0.15, 0.2) is 0 Å². The third-order valence-electron chi connectivity index (χ3n) is 2.46. The van der Waals surface area contributed by atoms with E-state index in [4.69, 9.17) is 0 Å². The molecule has 0 saturated carbocycles. The number of nitrogens with one attached hydrogen (secondary N) is 1. The minimum absolute atomic E-state index is 0.0868. The van der Waals surface area contributed by atoms with Crippen LogP contribution in [0.2, 0.25) is 0 Å². The Bertz CT molecular complexity index is 561.